The second-order valence-corrected chi connectivity index (χ2v) is 7.76. The summed E-state index contributed by atoms with van der Waals surface area (Å²) in [7, 11) is 1.74. The molecule has 0 aliphatic carbocycles. The van der Waals surface area contributed by atoms with Gasteiger partial charge in [-0.1, -0.05) is 15.9 Å². The van der Waals surface area contributed by atoms with Gasteiger partial charge in [0, 0.05) is 17.2 Å². The quantitative estimate of drug-likeness (QED) is 0.612. The van der Waals surface area contributed by atoms with Crippen LogP contribution in [-0.4, -0.2) is 18.9 Å². The average Bonchev–Trinajstić information content (AvgIpc) is 3.26. The molecule has 1 aromatic carbocycles. The number of carbonyl (C=O) groups is 2. The van der Waals surface area contributed by atoms with Crippen LogP contribution in [0.3, 0.4) is 0 Å². The first-order valence-electron chi connectivity index (χ1n) is 7.86. The largest absolute Gasteiger partial charge is 0.459 e. The second kappa shape index (κ2) is 7.47. The van der Waals surface area contributed by atoms with Gasteiger partial charge in [0.2, 0.25) is 0 Å². The number of anilines is 2. The topological polar surface area (TPSA) is 62.6 Å². The number of benzene rings is 1. The van der Waals surface area contributed by atoms with Crippen LogP contribution in [0.15, 0.2) is 51.6 Å². The number of carbonyl (C=O) groups excluding carboxylic acids is 2. The summed E-state index contributed by atoms with van der Waals surface area (Å²) in [5.74, 6) is -0.230. The Labute approximate surface area is 163 Å². The number of thiophene rings is 1. The number of furan rings is 1. The fraction of sp³-hybridized carbons (Fsp3) is 0.158. The number of hydrogen-bond donors (Lipinski definition) is 1. The van der Waals surface area contributed by atoms with Crippen molar-refractivity contribution in [2.75, 3.05) is 17.3 Å². The van der Waals surface area contributed by atoms with Gasteiger partial charge in [0.15, 0.2) is 5.76 Å². The molecular formula is C19H17BrN2O3S. The lowest BCUT2D eigenvalue weighted by Crippen LogP contribution is -2.26. The van der Waals surface area contributed by atoms with Gasteiger partial charge in [-0.3, -0.25) is 9.59 Å². The van der Waals surface area contributed by atoms with E-state index >= 15 is 0 Å². The van der Waals surface area contributed by atoms with Gasteiger partial charge < -0.3 is 14.6 Å². The highest BCUT2D eigenvalue weighted by atomic mass is 79.9. The molecule has 0 bridgehead atoms. The molecule has 2 heterocycles. The number of aryl methyl sites for hydroxylation is 2. The third kappa shape index (κ3) is 3.73. The standard InChI is InChI=1S/C19H17BrN2O3S/c1-11-9-13(6-7-14(11)20)22(3)19(24)17-12(2)10-16(26-17)21-18(23)15-5-4-8-25-15/h4-10H,1-3H3,(H,21,23). The van der Waals surface area contributed by atoms with Gasteiger partial charge in [0.1, 0.15) is 0 Å². The Morgan fingerprint density at radius 1 is 1.15 bits per heavy atom. The molecule has 0 fully saturated rings. The Morgan fingerprint density at radius 3 is 2.58 bits per heavy atom. The maximum absolute atomic E-state index is 12.9. The number of amides is 2. The predicted octanol–water partition coefficient (Wildman–Crippen LogP) is 5.25. The summed E-state index contributed by atoms with van der Waals surface area (Å²) in [4.78, 5) is 27.2. The minimum absolute atomic E-state index is 0.118. The van der Waals surface area contributed by atoms with Crippen molar-refractivity contribution in [3.8, 4) is 0 Å². The normalized spacial score (nSPS) is 10.6. The van der Waals surface area contributed by atoms with Crippen LogP contribution in [0.2, 0.25) is 0 Å². The van der Waals surface area contributed by atoms with Crippen molar-refractivity contribution >= 4 is 49.8 Å². The Hall–Kier alpha value is -2.38. The molecule has 3 rings (SSSR count). The summed E-state index contributed by atoms with van der Waals surface area (Å²) >= 11 is 4.71. The highest BCUT2D eigenvalue weighted by Crippen LogP contribution is 2.30. The Kier molecular flexibility index (Phi) is 5.29. The molecule has 134 valence electrons. The molecule has 0 spiro atoms. The van der Waals surface area contributed by atoms with Crippen LogP contribution in [0.5, 0.6) is 0 Å². The van der Waals surface area contributed by atoms with E-state index in [0.29, 0.717) is 9.88 Å². The zero-order valence-electron chi connectivity index (χ0n) is 14.5. The van der Waals surface area contributed by atoms with E-state index in [2.05, 4.69) is 21.2 Å². The van der Waals surface area contributed by atoms with Crippen molar-refractivity contribution in [3.63, 3.8) is 0 Å². The first-order valence-corrected chi connectivity index (χ1v) is 9.47. The molecule has 0 aliphatic heterocycles. The zero-order valence-corrected chi connectivity index (χ0v) is 16.9. The smallest absolute Gasteiger partial charge is 0.291 e. The van der Waals surface area contributed by atoms with E-state index < -0.39 is 0 Å². The molecule has 0 saturated carbocycles. The van der Waals surface area contributed by atoms with Gasteiger partial charge in [0.25, 0.3) is 11.8 Å². The molecule has 0 aliphatic rings. The lowest BCUT2D eigenvalue weighted by atomic mass is 10.2. The molecule has 5 nitrogen and oxygen atoms in total. The van der Waals surface area contributed by atoms with Crippen molar-refractivity contribution in [2.24, 2.45) is 0 Å². The highest BCUT2D eigenvalue weighted by Gasteiger charge is 2.20. The molecule has 2 aromatic heterocycles. The molecular weight excluding hydrogens is 416 g/mol. The van der Waals surface area contributed by atoms with Crippen LogP contribution < -0.4 is 10.2 Å². The molecule has 7 heteroatoms. The van der Waals surface area contributed by atoms with E-state index in [9.17, 15) is 9.59 Å². The van der Waals surface area contributed by atoms with Gasteiger partial charge in [-0.15, -0.1) is 11.3 Å². The minimum Gasteiger partial charge on any atom is -0.459 e. The lowest BCUT2D eigenvalue weighted by Gasteiger charge is -2.18. The molecule has 1 N–H and O–H groups in total. The maximum Gasteiger partial charge on any atom is 0.291 e. The Morgan fingerprint density at radius 2 is 1.92 bits per heavy atom. The average molecular weight is 433 g/mol. The fourth-order valence-corrected chi connectivity index (χ4v) is 3.73. The SMILES string of the molecule is Cc1cc(N(C)C(=O)c2sc(NC(=O)c3ccco3)cc2C)ccc1Br. The van der Waals surface area contributed by atoms with E-state index in [1.807, 2.05) is 32.0 Å². The van der Waals surface area contributed by atoms with Crippen molar-refractivity contribution in [1.29, 1.82) is 0 Å². The van der Waals surface area contributed by atoms with E-state index in [1.165, 1.54) is 17.6 Å². The number of rotatable bonds is 4. The first-order chi connectivity index (χ1) is 12.4. The number of halogens is 1. The molecule has 26 heavy (non-hydrogen) atoms. The van der Waals surface area contributed by atoms with Crippen LogP contribution in [0.25, 0.3) is 0 Å². The van der Waals surface area contributed by atoms with Crippen LogP contribution in [0, 0.1) is 13.8 Å². The van der Waals surface area contributed by atoms with Gasteiger partial charge >= 0.3 is 0 Å². The number of nitrogens with one attached hydrogen (secondary N) is 1. The second-order valence-electron chi connectivity index (χ2n) is 5.85. The Bertz CT molecular complexity index is 963. The van der Waals surface area contributed by atoms with Crippen molar-refractivity contribution in [3.05, 3.63) is 68.9 Å². The highest BCUT2D eigenvalue weighted by molar-refractivity contribution is 9.10. The van der Waals surface area contributed by atoms with E-state index in [0.717, 1.165) is 21.3 Å². The molecule has 2 amide bonds. The summed E-state index contributed by atoms with van der Waals surface area (Å²) in [5, 5.41) is 3.37. The molecule has 0 atom stereocenters. The minimum atomic E-state index is -0.341. The van der Waals surface area contributed by atoms with Crippen LogP contribution in [-0.2, 0) is 0 Å². The van der Waals surface area contributed by atoms with Crippen LogP contribution >= 0.6 is 27.3 Å². The van der Waals surface area contributed by atoms with Crippen molar-refractivity contribution in [2.45, 2.75) is 13.8 Å². The molecule has 3 aromatic rings. The lowest BCUT2D eigenvalue weighted by molar-refractivity contribution is 0.0988. The van der Waals surface area contributed by atoms with Crippen molar-refractivity contribution in [1.82, 2.24) is 0 Å². The summed E-state index contributed by atoms with van der Waals surface area (Å²) in [5.41, 5.74) is 2.68. The number of hydrogen-bond acceptors (Lipinski definition) is 4. The van der Waals surface area contributed by atoms with Gasteiger partial charge in [-0.25, -0.2) is 0 Å². The van der Waals surface area contributed by atoms with Crippen LogP contribution in [0.1, 0.15) is 31.4 Å². The molecule has 0 radical (unpaired) electrons. The van der Waals surface area contributed by atoms with Gasteiger partial charge in [-0.05, 0) is 61.4 Å². The molecule has 0 saturated heterocycles. The Balaban J connectivity index is 1.80. The summed E-state index contributed by atoms with van der Waals surface area (Å²) in [6.45, 7) is 3.83. The first kappa shape index (κ1) is 18.4. The van der Waals surface area contributed by atoms with E-state index in [-0.39, 0.29) is 17.6 Å². The van der Waals surface area contributed by atoms with Crippen LogP contribution in [0.4, 0.5) is 10.7 Å². The molecule has 0 unspecified atom stereocenters. The summed E-state index contributed by atoms with van der Waals surface area (Å²) in [6, 6.07) is 10.8. The van der Waals surface area contributed by atoms with E-state index in [1.54, 1.807) is 30.1 Å². The summed E-state index contributed by atoms with van der Waals surface area (Å²) < 4.78 is 6.08. The fourth-order valence-electron chi connectivity index (χ4n) is 2.44. The summed E-state index contributed by atoms with van der Waals surface area (Å²) in [6.07, 6.45) is 1.44. The monoisotopic (exact) mass is 432 g/mol. The zero-order chi connectivity index (χ0) is 18.8. The third-order valence-corrected chi connectivity index (χ3v) is 5.96. The third-order valence-electron chi connectivity index (χ3n) is 3.93. The number of nitrogens with zero attached hydrogens (tertiary/aromatic N) is 1. The predicted molar refractivity (Wildman–Crippen MR) is 107 cm³/mol. The van der Waals surface area contributed by atoms with Gasteiger partial charge in [-0.2, -0.15) is 0 Å². The van der Waals surface area contributed by atoms with Crippen molar-refractivity contribution < 1.29 is 14.0 Å². The van der Waals surface area contributed by atoms with E-state index in [4.69, 9.17) is 4.42 Å². The van der Waals surface area contributed by atoms with Gasteiger partial charge in [0.05, 0.1) is 16.1 Å². The maximum atomic E-state index is 12.9.